The Labute approximate surface area is 96.4 Å². The van der Waals surface area contributed by atoms with E-state index in [1.807, 2.05) is 6.92 Å². The number of hydrogen-bond acceptors (Lipinski definition) is 2. The Morgan fingerprint density at radius 1 is 1.44 bits per heavy atom. The van der Waals surface area contributed by atoms with Crippen molar-refractivity contribution < 1.29 is 9.59 Å². The third-order valence-corrected chi connectivity index (χ3v) is 3.77. The van der Waals surface area contributed by atoms with E-state index in [-0.39, 0.29) is 23.9 Å². The smallest absolute Gasteiger partial charge is 0.248 e. The van der Waals surface area contributed by atoms with Gasteiger partial charge in [-0.2, -0.15) is 0 Å². The lowest BCUT2D eigenvalue weighted by molar-refractivity contribution is -0.153. The van der Waals surface area contributed by atoms with Crippen molar-refractivity contribution in [2.75, 3.05) is 0 Å². The van der Waals surface area contributed by atoms with Gasteiger partial charge in [0.05, 0.1) is 0 Å². The van der Waals surface area contributed by atoms with Gasteiger partial charge >= 0.3 is 0 Å². The maximum absolute atomic E-state index is 12.3. The molecule has 2 fully saturated rings. The Morgan fingerprint density at radius 3 is 2.56 bits per heavy atom. The zero-order chi connectivity index (χ0) is 12.1. The van der Waals surface area contributed by atoms with Crippen molar-refractivity contribution in [2.24, 2.45) is 5.92 Å². The molecule has 4 heteroatoms. The third kappa shape index (κ3) is 1.60. The van der Waals surface area contributed by atoms with E-state index in [0.717, 1.165) is 12.8 Å². The molecule has 1 aliphatic carbocycles. The second-order valence-corrected chi connectivity index (χ2v) is 5.47. The molecule has 1 saturated heterocycles. The van der Waals surface area contributed by atoms with Gasteiger partial charge in [0, 0.05) is 6.04 Å². The van der Waals surface area contributed by atoms with Crippen molar-refractivity contribution in [3.8, 4) is 0 Å². The van der Waals surface area contributed by atoms with Crippen LogP contribution in [0.3, 0.4) is 0 Å². The fourth-order valence-electron chi connectivity index (χ4n) is 2.54. The van der Waals surface area contributed by atoms with E-state index < -0.39 is 5.54 Å². The van der Waals surface area contributed by atoms with Gasteiger partial charge < -0.3 is 10.2 Å². The Kier molecular flexibility index (Phi) is 2.48. The van der Waals surface area contributed by atoms with Gasteiger partial charge in [-0.15, -0.1) is 0 Å². The average Bonchev–Trinajstić information content (AvgIpc) is 2.94. The van der Waals surface area contributed by atoms with Gasteiger partial charge in [0.25, 0.3) is 0 Å². The van der Waals surface area contributed by atoms with Crippen molar-refractivity contribution in [2.45, 2.75) is 58.2 Å². The molecule has 2 rings (SSSR count). The quantitative estimate of drug-likeness (QED) is 0.758. The second kappa shape index (κ2) is 3.47. The van der Waals surface area contributed by atoms with Gasteiger partial charge in [-0.05, 0) is 33.1 Å². The molecule has 3 unspecified atom stereocenters. The summed E-state index contributed by atoms with van der Waals surface area (Å²) in [7, 11) is 0. The highest BCUT2D eigenvalue weighted by Gasteiger charge is 2.52. The highest BCUT2D eigenvalue weighted by Crippen LogP contribution is 2.41. The van der Waals surface area contributed by atoms with Gasteiger partial charge in [0.15, 0.2) is 0 Å². The van der Waals surface area contributed by atoms with Crippen molar-refractivity contribution in [3.63, 3.8) is 0 Å². The van der Waals surface area contributed by atoms with Crippen LogP contribution in [0.5, 0.6) is 0 Å². The molecule has 3 atom stereocenters. The van der Waals surface area contributed by atoms with E-state index in [2.05, 4.69) is 12.2 Å². The molecule has 0 aromatic heterocycles. The third-order valence-electron chi connectivity index (χ3n) is 3.77. The normalized spacial score (nSPS) is 37.2. The van der Waals surface area contributed by atoms with Crippen LogP contribution in [0.15, 0.2) is 0 Å². The van der Waals surface area contributed by atoms with Crippen LogP contribution >= 0.6 is 0 Å². The Morgan fingerprint density at radius 2 is 2.06 bits per heavy atom. The average molecular weight is 224 g/mol. The summed E-state index contributed by atoms with van der Waals surface area (Å²) in [6, 6.07) is -0.0279. The molecule has 0 spiro atoms. The lowest BCUT2D eigenvalue weighted by Crippen LogP contribution is -2.68. The molecule has 1 heterocycles. The predicted octanol–water partition coefficient (Wildman–Crippen LogP) is 0.910. The first-order chi connectivity index (χ1) is 7.38. The van der Waals surface area contributed by atoms with E-state index >= 15 is 0 Å². The summed E-state index contributed by atoms with van der Waals surface area (Å²) in [6.07, 6.45) is 2.14. The number of carbonyl (C=O) groups excluding carboxylic acids is 2. The van der Waals surface area contributed by atoms with Crippen LogP contribution < -0.4 is 5.32 Å². The lowest BCUT2D eigenvalue weighted by Gasteiger charge is -2.42. The number of hydrogen-bond donors (Lipinski definition) is 1. The first-order valence-electron chi connectivity index (χ1n) is 6.03. The van der Waals surface area contributed by atoms with E-state index in [4.69, 9.17) is 0 Å². The van der Waals surface area contributed by atoms with E-state index in [1.165, 1.54) is 0 Å². The molecular formula is C12H20N2O2. The molecule has 0 aromatic carbocycles. The lowest BCUT2D eigenvalue weighted by atomic mass is 9.97. The Balaban J connectivity index is 2.21. The summed E-state index contributed by atoms with van der Waals surface area (Å²) in [5, 5.41) is 2.77. The van der Waals surface area contributed by atoms with Crippen molar-refractivity contribution >= 4 is 11.8 Å². The SMILES string of the molecule is CCC1CC1N1C(=O)C(C)(C)NC(=O)C1C. The maximum atomic E-state index is 12.3. The molecule has 1 aliphatic heterocycles. The van der Waals surface area contributed by atoms with E-state index in [1.54, 1.807) is 18.7 Å². The van der Waals surface area contributed by atoms with Crippen LogP contribution in [0.4, 0.5) is 0 Å². The molecule has 2 amide bonds. The van der Waals surface area contributed by atoms with Crippen LogP contribution in [-0.2, 0) is 9.59 Å². The summed E-state index contributed by atoms with van der Waals surface area (Å²) in [5.74, 6) is 0.611. The number of carbonyl (C=O) groups is 2. The Hall–Kier alpha value is -1.06. The number of amides is 2. The molecule has 1 N–H and O–H groups in total. The minimum atomic E-state index is -0.746. The maximum Gasteiger partial charge on any atom is 0.248 e. The number of rotatable bonds is 2. The van der Waals surface area contributed by atoms with Crippen LogP contribution in [0, 0.1) is 5.92 Å². The highest BCUT2D eigenvalue weighted by molar-refractivity contribution is 5.99. The van der Waals surface area contributed by atoms with Crippen LogP contribution in [0.25, 0.3) is 0 Å². The first-order valence-corrected chi connectivity index (χ1v) is 6.03. The molecule has 0 bridgehead atoms. The molecule has 2 aliphatic rings. The van der Waals surface area contributed by atoms with Gasteiger partial charge in [-0.1, -0.05) is 13.3 Å². The van der Waals surface area contributed by atoms with Crippen LogP contribution in [0.2, 0.25) is 0 Å². The van der Waals surface area contributed by atoms with Crippen molar-refractivity contribution in [1.29, 1.82) is 0 Å². The second-order valence-electron chi connectivity index (χ2n) is 5.47. The van der Waals surface area contributed by atoms with E-state index in [0.29, 0.717) is 5.92 Å². The van der Waals surface area contributed by atoms with Crippen molar-refractivity contribution in [1.82, 2.24) is 10.2 Å². The fourth-order valence-corrected chi connectivity index (χ4v) is 2.54. The van der Waals surface area contributed by atoms with Gasteiger partial charge in [0.2, 0.25) is 11.8 Å². The minimum absolute atomic E-state index is 0.0358. The Bertz CT molecular complexity index is 338. The topological polar surface area (TPSA) is 49.4 Å². The number of nitrogens with zero attached hydrogens (tertiary/aromatic N) is 1. The summed E-state index contributed by atoms with van der Waals surface area (Å²) >= 11 is 0. The molecule has 4 nitrogen and oxygen atoms in total. The van der Waals surface area contributed by atoms with Gasteiger partial charge in [0.1, 0.15) is 11.6 Å². The van der Waals surface area contributed by atoms with Gasteiger partial charge in [-0.3, -0.25) is 9.59 Å². The summed E-state index contributed by atoms with van der Waals surface area (Å²) < 4.78 is 0. The van der Waals surface area contributed by atoms with Gasteiger partial charge in [-0.25, -0.2) is 0 Å². The molecule has 0 aromatic rings. The molecule has 1 saturated carbocycles. The monoisotopic (exact) mass is 224 g/mol. The molecule has 0 radical (unpaired) electrons. The summed E-state index contributed by atoms with van der Waals surface area (Å²) in [6.45, 7) is 7.49. The number of piperazine rings is 1. The standard InChI is InChI=1S/C12H20N2O2/c1-5-8-6-9(8)14-7(2)10(15)13-12(3,4)11(14)16/h7-9H,5-6H2,1-4H3,(H,13,15). The first kappa shape index (κ1) is 11.4. The summed E-state index contributed by atoms with van der Waals surface area (Å²) in [4.78, 5) is 25.8. The van der Waals surface area contributed by atoms with Crippen LogP contribution in [0.1, 0.15) is 40.5 Å². The number of nitrogens with one attached hydrogen (secondary N) is 1. The molecule has 90 valence electrons. The van der Waals surface area contributed by atoms with E-state index in [9.17, 15) is 9.59 Å². The van der Waals surface area contributed by atoms with Crippen molar-refractivity contribution in [3.05, 3.63) is 0 Å². The molecular weight excluding hydrogens is 204 g/mol. The molecule has 16 heavy (non-hydrogen) atoms. The fraction of sp³-hybridized carbons (Fsp3) is 0.833. The zero-order valence-electron chi connectivity index (χ0n) is 10.4. The predicted molar refractivity (Wildman–Crippen MR) is 60.7 cm³/mol. The minimum Gasteiger partial charge on any atom is -0.340 e. The summed E-state index contributed by atoms with van der Waals surface area (Å²) in [5.41, 5.74) is -0.746. The zero-order valence-corrected chi connectivity index (χ0v) is 10.4. The largest absolute Gasteiger partial charge is 0.340 e. The van der Waals surface area contributed by atoms with Crippen LogP contribution in [-0.4, -0.2) is 34.3 Å². The highest BCUT2D eigenvalue weighted by atomic mass is 16.2.